The van der Waals surface area contributed by atoms with Gasteiger partial charge in [0.25, 0.3) is 0 Å². The topological polar surface area (TPSA) is 113 Å². The molecule has 1 aliphatic carbocycles. The number of ketones is 2. The molecule has 0 unspecified atom stereocenters. The van der Waals surface area contributed by atoms with Gasteiger partial charge < -0.3 is 20.3 Å². The van der Waals surface area contributed by atoms with Crippen molar-refractivity contribution < 1.29 is 29.3 Å². The average Bonchev–Trinajstić information content (AvgIpc) is 2.63. The normalized spacial score (nSPS) is 12.0. The second kappa shape index (κ2) is 8.86. The van der Waals surface area contributed by atoms with Gasteiger partial charge in [0, 0.05) is 24.2 Å². The first-order valence-corrected chi connectivity index (χ1v) is 8.57. The van der Waals surface area contributed by atoms with Crippen molar-refractivity contribution in [1.82, 2.24) is 5.32 Å². The van der Waals surface area contributed by atoms with E-state index < -0.39 is 11.6 Å². The van der Waals surface area contributed by atoms with Gasteiger partial charge in [-0.1, -0.05) is 12.1 Å². The molecule has 0 heterocycles. The molecule has 2 aromatic carbocycles. The third-order valence-corrected chi connectivity index (χ3v) is 4.30. The number of nitrogens with one attached hydrogen (secondary N) is 1. The summed E-state index contributed by atoms with van der Waals surface area (Å²) in [6.45, 7) is 2.73. The van der Waals surface area contributed by atoms with Crippen LogP contribution >= 0.6 is 12.4 Å². The number of phenols is 2. The number of esters is 1. The van der Waals surface area contributed by atoms with Crippen LogP contribution in [0, 0.1) is 0 Å². The molecule has 0 bridgehead atoms. The lowest BCUT2D eigenvalue weighted by atomic mass is 9.82. The Morgan fingerprint density at radius 3 is 2.46 bits per heavy atom. The highest BCUT2D eigenvalue weighted by molar-refractivity contribution is 6.30. The first kappa shape index (κ1) is 21.4. The summed E-state index contributed by atoms with van der Waals surface area (Å²) in [5.41, 5.74) is 0.606. The Hall–Kier alpha value is -2.90. The quantitative estimate of drug-likeness (QED) is 0.426. The summed E-state index contributed by atoms with van der Waals surface area (Å²) in [4.78, 5) is 36.7. The Labute approximate surface area is 167 Å². The molecule has 8 heteroatoms. The van der Waals surface area contributed by atoms with Crippen LogP contribution in [0.15, 0.2) is 30.3 Å². The van der Waals surface area contributed by atoms with Crippen LogP contribution in [-0.4, -0.2) is 40.9 Å². The highest BCUT2D eigenvalue weighted by Crippen LogP contribution is 2.37. The van der Waals surface area contributed by atoms with E-state index in [1.807, 2.05) is 0 Å². The zero-order chi connectivity index (χ0) is 19.6. The van der Waals surface area contributed by atoms with E-state index in [9.17, 15) is 24.6 Å². The van der Waals surface area contributed by atoms with Gasteiger partial charge in [-0.25, -0.2) is 0 Å². The monoisotopic (exact) mass is 405 g/mol. The molecule has 1 aliphatic rings. The molecular weight excluding hydrogens is 386 g/mol. The van der Waals surface area contributed by atoms with Crippen LogP contribution in [0.3, 0.4) is 0 Å². The molecular formula is C20H20ClNO6. The van der Waals surface area contributed by atoms with E-state index in [0.29, 0.717) is 25.3 Å². The predicted molar refractivity (Wildman–Crippen MR) is 103 cm³/mol. The van der Waals surface area contributed by atoms with Crippen LogP contribution < -0.4 is 5.32 Å². The van der Waals surface area contributed by atoms with Crippen molar-refractivity contribution in [2.24, 2.45) is 0 Å². The maximum absolute atomic E-state index is 12.7. The fraction of sp³-hybridized carbons (Fsp3) is 0.250. The van der Waals surface area contributed by atoms with Crippen molar-refractivity contribution >= 4 is 29.9 Å². The van der Waals surface area contributed by atoms with Crippen molar-refractivity contribution in [2.75, 3.05) is 13.2 Å². The van der Waals surface area contributed by atoms with Crippen molar-refractivity contribution in [2.45, 2.75) is 19.9 Å². The largest absolute Gasteiger partial charge is 0.507 e. The summed E-state index contributed by atoms with van der Waals surface area (Å²) in [7, 11) is 0. The van der Waals surface area contributed by atoms with Gasteiger partial charge in [0.2, 0.25) is 5.78 Å². The first-order valence-electron chi connectivity index (χ1n) is 8.57. The molecule has 0 aromatic heterocycles. The summed E-state index contributed by atoms with van der Waals surface area (Å²) in [5.74, 6) is -1.94. The van der Waals surface area contributed by atoms with Crippen LogP contribution in [0.2, 0.25) is 0 Å². The average molecular weight is 406 g/mol. The number of carbonyl (C=O) groups is 3. The number of fused-ring (bicyclic) bond motifs is 2. The van der Waals surface area contributed by atoms with Gasteiger partial charge in [0.05, 0.1) is 24.2 Å². The van der Waals surface area contributed by atoms with E-state index in [1.54, 1.807) is 13.0 Å². The predicted octanol–water partition coefficient (Wildman–Crippen LogP) is 2.34. The highest BCUT2D eigenvalue weighted by atomic mass is 35.5. The van der Waals surface area contributed by atoms with E-state index in [0.717, 1.165) is 0 Å². The molecule has 3 rings (SSSR count). The summed E-state index contributed by atoms with van der Waals surface area (Å²) in [6, 6.07) is 7.23. The van der Waals surface area contributed by atoms with Gasteiger partial charge in [0.15, 0.2) is 5.78 Å². The van der Waals surface area contributed by atoms with Crippen molar-refractivity contribution in [3.05, 3.63) is 58.1 Å². The minimum Gasteiger partial charge on any atom is -0.507 e. The van der Waals surface area contributed by atoms with E-state index in [2.05, 4.69) is 5.32 Å². The summed E-state index contributed by atoms with van der Waals surface area (Å²) in [5, 5.41) is 23.3. The van der Waals surface area contributed by atoms with Gasteiger partial charge >= 0.3 is 5.97 Å². The van der Waals surface area contributed by atoms with Crippen molar-refractivity contribution in [1.29, 1.82) is 0 Å². The number of hydrogen-bond donors (Lipinski definition) is 3. The third kappa shape index (κ3) is 4.00. The van der Waals surface area contributed by atoms with Crippen LogP contribution in [0.25, 0.3) is 0 Å². The minimum atomic E-state index is -0.586. The van der Waals surface area contributed by atoms with Gasteiger partial charge in [-0.05, 0) is 30.7 Å². The summed E-state index contributed by atoms with van der Waals surface area (Å²) >= 11 is 0. The van der Waals surface area contributed by atoms with Crippen LogP contribution in [0.5, 0.6) is 11.5 Å². The van der Waals surface area contributed by atoms with E-state index in [4.69, 9.17) is 4.74 Å². The van der Waals surface area contributed by atoms with Gasteiger partial charge in [-0.15, -0.1) is 12.4 Å². The second-order valence-corrected chi connectivity index (χ2v) is 6.13. The third-order valence-electron chi connectivity index (χ3n) is 4.30. The lowest BCUT2D eigenvalue weighted by Crippen LogP contribution is -2.23. The Morgan fingerprint density at radius 1 is 1.04 bits per heavy atom. The molecule has 0 radical (unpaired) electrons. The first-order chi connectivity index (χ1) is 12.9. The van der Waals surface area contributed by atoms with Crippen LogP contribution in [-0.2, 0) is 16.1 Å². The maximum atomic E-state index is 12.7. The molecule has 0 fully saturated rings. The van der Waals surface area contributed by atoms with E-state index in [1.165, 1.54) is 24.3 Å². The standard InChI is InChI=1S/C20H19NO6.ClH/c1-2-27-16(24)6-7-21-10-11-8-13-18(15(23)9-11)20(26)17-12(19(13)25)4-3-5-14(17)22;/h3-5,8-9,21-23H,2,6-7,10H2,1H3;1H. The zero-order valence-corrected chi connectivity index (χ0v) is 16.0. The molecule has 0 saturated heterocycles. The Bertz CT molecular complexity index is 941. The molecule has 0 spiro atoms. The number of rotatable bonds is 6. The molecule has 0 saturated carbocycles. The smallest absolute Gasteiger partial charge is 0.307 e. The zero-order valence-electron chi connectivity index (χ0n) is 15.2. The fourth-order valence-electron chi connectivity index (χ4n) is 3.10. The SMILES string of the molecule is CCOC(=O)CCNCc1cc(O)c2c(c1)C(=O)c1cccc(O)c1C2=O.Cl. The van der Waals surface area contributed by atoms with Gasteiger partial charge in [0.1, 0.15) is 11.5 Å². The fourth-order valence-corrected chi connectivity index (χ4v) is 3.10. The van der Waals surface area contributed by atoms with E-state index in [-0.39, 0.29) is 58.5 Å². The van der Waals surface area contributed by atoms with Crippen LogP contribution in [0.4, 0.5) is 0 Å². The molecule has 0 aliphatic heterocycles. The number of phenolic OH excluding ortho intramolecular Hbond substituents is 2. The Balaban J connectivity index is 0.00000280. The molecule has 2 aromatic rings. The second-order valence-electron chi connectivity index (χ2n) is 6.13. The Kier molecular flexibility index (Phi) is 6.77. The number of halogens is 1. The number of benzene rings is 2. The van der Waals surface area contributed by atoms with Gasteiger partial charge in [-0.2, -0.15) is 0 Å². The van der Waals surface area contributed by atoms with Crippen LogP contribution in [0.1, 0.15) is 50.8 Å². The molecule has 28 heavy (non-hydrogen) atoms. The van der Waals surface area contributed by atoms with Gasteiger partial charge in [-0.3, -0.25) is 14.4 Å². The molecule has 0 amide bonds. The Morgan fingerprint density at radius 2 is 1.75 bits per heavy atom. The lowest BCUT2D eigenvalue weighted by Gasteiger charge is -2.20. The molecule has 3 N–H and O–H groups in total. The number of aromatic hydroxyl groups is 2. The van der Waals surface area contributed by atoms with E-state index >= 15 is 0 Å². The lowest BCUT2D eigenvalue weighted by molar-refractivity contribution is -0.142. The minimum absolute atomic E-state index is 0. The number of hydrogen-bond acceptors (Lipinski definition) is 7. The van der Waals surface area contributed by atoms with Crippen molar-refractivity contribution in [3.63, 3.8) is 0 Å². The molecule has 148 valence electrons. The molecule has 7 nitrogen and oxygen atoms in total. The number of carbonyl (C=O) groups excluding carboxylic acids is 3. The highest BCUT2D eigenvalue weighted by Gasteiger charge is 2.34. The number of ether oxygens (including phenoxy) is 1. The van der Waals surface area contributed by atoms with Crippen molar-refractivity contribution in [3.8, 4) is 11.5 Å². The maximum Gasteiger partial charge on any atom is 0.307 e. The summed E-state index contributed by atoms with van der Waals surface area (Å²) in [6.07, 6.45) is 0.203. The molecule has 0 atom stereocenters. The summed E-state index contributed by atoms with van der Waals surface area (Å²) < 4.78 is 4.83.